The van der Waals surface area contributed by atoms with E-state index < -0.39 is 4.92 Å². The Labute approximate surface area is 104 Å². The SMILES string of the molecule is COCCOCC(=O)Nc1cccc([N+](=O)[O-])c1. The second kappa shape index (κ2) is 7.36. The van der Waals surface area contributed by atoms with Crippen LogP contribution in [0.25, 0.3) is 0 Å². The normalized spacial score (nSPS) is 10.1. The van der Waals surface area contributed by atoms with Crippen molar-refractivity contribution in [2.75, 3.05) is 32.2 Å². The van der Waals surface area contributed by atoms with Gasteiger partial charge >= 0.3 is 0 Å². The van der Waals surface area contributed by atoms with Gasteiger partial charge in [0.2, 0.25) is 5.91 Å². The number of rotatable bonds is 7. The van der Waals surface area contributed by atoms with E-state index in [4.69, 9.17) is 9.47 Å². The smallest absolute Gasteiger partial charge is 0.271 e. The number of ether oxygens (including phenoxy) is 2. The predicted molar refractivity (Wildman–Crippen MR) is 64.4 cm³/mol. The minimum absolute atomic E-state index is 0.0758. The van der Waals surface area contributed by atoms with Gasteiger partial charge in [0.15, 0.2) is 0 Å². The Bertz CT molecular complexity index is 422. The van der Waals surface area contributed by atoms with E-state index >= 15 is 0 Å². The lowest BCUT2D eigenvalue weighted by molar-refractivity contribution is -0.384. The predicted octanol–water partition coefficient (Wildman–Crippen LogP) is 1.20. The summed E-state index contributed by atoms with van der Waals surface area (Å²) in [6, 6.07) is 5.71. The van der Waals surface area contributed by atoms with Crippen LogP contribution in [0.15, 0.2) is 24.3 Å². The van der Waals surface area contributed by atoms with Gasteiger partial charge in [-0.1, -0.05) is 6.07 Å². The lowest BCUT2D eigenvalue weighted by Gasteiger charge is -2.05. The highest BCUT2D eigenvalue weighted by Crippen LogP contribution is 2.16. The number of amides is 1. The molecule has 0 aliphatic rings. The van der Waals surface area contributed by atoms with Crippen LogP contribution in [0.4, 0.5) is 11.4 Å². The molecule has 7 nitrogen and oxygen atoms in total. The van der Waals surface area contributed by atoms with Gasteiger partial charge in [0.1, 0.15) is 6.61 Å². The standard InChI is InChI=1S/C11H14N2O5/c1-17-5-6-18-8-11(14)12-9-3-2-4-10(7-9)13(15)16/h2-4,7H,5-6,8H2,1H3,(H,12,14). The number of benzene rings is 1. The van der Waals surface area contributed by atoms with Crippen LogP contribution in [0.2, 0.25) is 0 Å². The summed E-state index contributed by atoms with van der Waals surface area (Å²) in [5, 5.41) is 13.0. The summed E-state index contributed by atoms with van der Waals surface area (Å²) < 4.78 is 9.77. The minimum atomic E-state index is -0.523. The minimum Gasteiger partial charge on any atom is -0.382 e. The summed E-state index contributed by atoms with van der Waals surface area (Å²) in [5.41, 5.74) is 0.289. The quantitative estimate of drug-likeness (QED) is 0.448. The third kappa shape index (κ3) is 4.89. The van der Waals surface area contributed by atoms with Gasteiger partial charge in [0.25, 0.3) is 5.69 Å². The summed E-state index contributed by atoms with van der Waals surface area (Å²) in [4.78, 5) is 21.4. The van der Waals surface area contributed by atoms with E-state index in [9.17, 15) is 14.9 Å². The van der Waals surface area contributed by atoms with E-state index in [0.717, 1.165) is 0 Å². The van der Waals surface area contributed by atoms with Crippen LogP contribution in [0, 0.1) is 10.1 Å². The van der Waals surface area contributed by atoms with E-state index in [1.54, 1.807) is 6.07 Å². The molecule has 1 N–H and O–H groups in total. The molecule has 98 valence electrons. The molecule has 0 aliphatic heterocycles. The molecule has 0 aliphatic carbocycles. The van der Waals surface area contributed by atoms with Gasteiger partial charge in [-0.05, 0) is 6.07 Å². The van der Waals surface area contributed by atoms with Crippen molar-refractivity contribution in [1.29, 1.82) is 0 Å². The maximum absolute atomic E-state index is 11.4. The number of nitro groups is 1. The Kier molecular flexibility index (Phi) is 5.75. The highest BCUT2D eigenvalue weighted by atomic mass is 16.6. The molecular weight excluding hydrogens is 240 g/mol. The summed E-state index contributed by atoms with van der Waals surface area (Å²) in [5.74, 6) is -0.369. The van der Waals surface area contributed by atoms with E-state index in [-0.39, 0.29) is 18.2 Å². The monoisotopic (exact) mass is 254 g/mol. The van der Waals surface area contributed by atoms with Crippen LogP contribution in [0.1, 0.15) is 0 Å². The third-order valence-corrected chi connectivity index (χ3v) is 2.01. The molecule has 7 heteroatoms. The molecule has 0 fully saturated rings. The van der Waals surface area contributed by atoms with Crippen LogP contribution in [0.3, 0.4) is 0 Å². The lowest BCUT2D eigenvalue weighted by atomic mass is 10.3. The van der Waals surface area contributed by atoms with Gasteiger partial charge < -0.3 is 14.8 Å². The molecule has 0 saturated heterocycles. The highest BCUT2D eigenvalue weighted by molar-refractivity contribution is 5.91. The zero-order valence-electron chi connectivity index (χ0n) is 9.92. The number of nitrogens with zero attached hydrogens (tertiary/aromatic N) is 1. The first-order valence-corrected chi connectivity index (χ1v) is 5.24. The molecule has 1 aromatic rings. The lowest BCUT2D eigenvalue weighted by Crippen LogP contribution is -2.19. The zero-order valence-corrected chi connectivity index (χ0v) is 9.92. The molecular formula is C11H14N2O5. The van der Waals surface area contributed by atoms with Gasteiger partial charge in [0.05, 0.1) is 18.1 Å². The van der Waals surface area contributed by atoms with Gasteiger partial charge in [-0.25, -0.2) is 0 Å². The summed E-state index contributed by atoms with van der Waals surface area (Å²) in [7, 11) is 1.53. The number of hydrogen-bond donors (Lipinski definition) is 1. The molecule has 0 saturated carbocycles. The van der Waals surface area contributed by atoms with Gasteiger partial charge in [-0.2, -0.15) is 0 Å². The van der Waals surface area contributed by atoms with Crippen LogP contribution in [-0.2, 0) is 14.3 Å². The third-order valence-electron chi connectivity index (χ3n) is 2.01. The summed E-state index contributed by atoms with van der Waals surface area (Å²) >= 11 is 0. The van der Waals surface area contributed by atoms with E-state index in [1.165, 1.54) is 25.3 Å². The second-order valence-corrected chi connectivity index (χ2v) is 3.40. The molecule has 0 aromatic heterocycles. The molecule has 0 unspecified atom stereocenters. The first-order chi connectivity index (χ1) is 8.63. The Morgan fingerprint density at radius 2 is 2.22 bits per heavy atom. The van der Waals surface area contributed by atoms with Crippen molar-refractivity contribution in [3.05, 3.63) is 34.4 Å². The van der Waals surface area contributed by atoms with E-state index in [1.807, 2.05) is 0 Å². The summed E-state index contributed by atoms with van der Waals surface area (Å²) in [6.45, 7) is 0.606. The van der Waals surface area contributed by atoms with Crippen molar-refractivity contribution in [3.8, 4) is 0 Å². The van der Waals surface area contributed by atoms with Gasteiger partial charge in [-0.3, -0.25) is 14.9 Å². The second-order valence-electron chi connectivity index (χ2n) is 3.40. The highest BCUT2D eigenvalue weighted by Gasteiger charge is 2.08. The Morgan fingerprint density at radius 1 is 1.44 bits per heavy atom. The van der Waals surface area contributed by atoms with Crippen LogP contribution in [0.5, 0.6) is 0 Å². The maximum Gasteiger partial charge on any atom is 0.271 e. The molecule has 0 bridgehead atoms. The number of nitrogens with one attached hydrogen (secondary N) is 1. The number of anilines is 1. The fourth-order valence-electron chi connectivity index (χ4n) is 1.20. The Balaban J connectivity index is 2.44. The summed E-state index contributed by atoms with van der Waals surface area (Å²) in [6.07, 6.45) is 0. The molecule has 1 amide bonds. The van der Waals surface area contributed by atoms with Gasteiger partial charge in [-0.15, -0.1) is 0 Å². The van der Waals surface area contributed by atoms with E-state index in [2.05, 4.69) is 5.32 Å². The number of carbonyl (C=O) groups excluding carboxylic acids is 1. The molecule has 1 rings (SSSR count). The van der Waals surface area contributed by atoms with Gasteiger partial charge in [0, 0.05) is 24.9 Å². The molecule has 0 heterocycles. The molecule has 0 atom stereocenters. The number of hydrogen-bond acceptors (Lipinski definition) is 5. The van der Waals surface area contributed by atoms with E-state index in [0.29, 0.717) is 18.9 Å². The maximum atomic E-state index is 11.4. The van der Waals surface area contributed by atoms with Crippen molar-refractivity contribution >= 4 is 17.3 Å². The molecule has 0 spiro atoms. The van der Waals surface area contributed by atoms with Crippen LogP contribution < -0.4 is 5.32 Å². The number of carbonyl (C=O) groups is 1. The molecule has 1 aromatic carbocycles. The fourth-order valence-corrected chi connectivity index (χ4v) is 1.20. The number of non-ortho nitro benzene ring substituents is 1. The van der Waals surface area contributed by atoms with Crippen molar-refractivity contribution in [2.24, 2.45) is 0 Å². The Hall–Kier alpha value is -1.99. The first kappa shape index (κ1) is 14.1. The fraction of sp³-hybridized carbons (Fsp3) is 0.364. The average Bonchev–Trinajstić information content (AvgIpc) is 2.35. The Morgan fingerprint density at radius 3 is 2.89 bits per heavy atom. The average molecular weight is 254 g/mol. The number of methoxy groups -OCH3 is 1. The van der Waals surface area contributed by atoms with Crippen molar-refractivity contribution in [2.45, 2.75) is 0 Å². The van der Waals surface area contributed by atoms with Crippen LogP contribution >= 0.6 is 0 Å². The van der Waals surface area contributed by atoms with Crippen LogP contribution in [-0.4, -0.2) is 37.8 Å². The first-order valence-electron chi connectivity index (χ1n) is 5.24. The van der Waals surface area contributed by atoms with Crippen molar-refractivity contribution < 1.29 is 19.2 Å². The molecule has 18 heavy (non-hydrogen) atoms. The van der Waals surface area contributed by atoms with Crippen molar-refractivity contribution in [3.63, 3.8) is 0 Å². The largest absolute Gasteiger partial charge is 0.382 e. The molecule has 0 radical (unpaired) electrons. The zero-order chi connectivity index (χ0) is 13.4. The topological polar surface area (TPSA) is 90.7 Å². The number of nitro benzene ring substituents is 1. The van der Waals surface area contributed by atoms with Crippen molar-refractivity contribution in [1.82, 2.24) is 0 Å².